The van der Waals surface area contributed by atoms with Gasteiger partial charge in [0.05, 0.1) is 5.69 Å². The monoisotopic (exact) mass is 313 g/mol. The first-order valence-electron chi connectivity index (χ1n) is 6.71. The molecule has 0 bridgehead atoms. The third kappa shape index (κ3) is 4.88. The molecule has 0 saturated heterocycles. The predicted molar refractivity (Wildman–Crippen MR) is 85.1 cm³/mol. The van der Waals surface area contributed by atoms with Crippen LogP contribution >= 0.6 is 0 Å². The Bertz CT molecular complexity index is 756. The van der Waals surface area contributed by atoms with Gasteiger partial charge in [-0.3, -0.25) is 9.59 Å². The van der Waals surface area contributed by atoms with Gasteiger partial charge in [-0.2, -0.15) is 5.11 Å². The van der Waals surface area contributed by atoms with E-state index in [2.05, 4.69) is 25.8 Å². The van der Waals surface area contributed by atoms with Gasteiger partial charge in [-0.25, -0.2) is 4.98 Å². The minimum atomic E-state index is -0.321. The summed E-state index contributed by atoms with van der Waals surface area (Å²) in [5, 5.41) is 22.3. The topological polar surface area (TPSA) is 116 Å². The van der Waals surface area contributed by atoms with Crippen LogP contribution in [-0.2, 0) is 9.59 Å². The van der Waals surface area contributed by atoms with E-state index < -0.39 is 0 Å². The first kappa shape index (κ1) is 16.1. The third-order valence-corrected chi connectivity index (χ3v) is 2.60. The number of aromatic nitrogens is 1. The number of pyridine rings is 1. The number of carbonyl (C=O) groups is 2. The van der Waals surface area contributed by atoms with Crippen molar-refractivity contribution < 1.29 is 14.7 Å². The molecule has 0 radical (unpaired) electrons. The van der Waals surface area contributed by atoms with Crippen LogP contribution in [0.25, 0.3) is 0 Å². The average Bonchev–Trinajstić information content (AvgIpc) is 2.47. The Kier molecular flexibility index (Phi) is 4.98. The van der Waals surface area contributed by atoms with Crippen LogP contribution in [0.15, 0.2) is 46.6 Å². The van der Waals surface area contributed by atoms with Crippen LogP contribution in [0.2, 0.25) is 0 Å². The van der Waals surface area contributed by atoms with Crippen LogP contribution in [0.4, 0.5) is 23.0 Å². The van der Waals surface area contributed by atoms with E-state index in [9.17, 15) is 14.7 Å². The van der Waals surface area contributed by atoms with E-state index in [0.717, 1.165) is 0 Å². The molecule has 8 nitrogen and oxygen atoms in total. The number of hydrogen-bond acceptors (Lipinski definition) is 6. The molecule has 1 heterocycles. The molecular formula is C15H15N5O3. The standard InChI is InChI=1S/C15H15N5O3/c1-9(21)16-14-8-7-13(15(18-14)17-10(2)22)20-19-11-3-5-12(23)6-4-11/h3-8,23H,1-2H3,(H2,16,17,18,21,22). The van der Waals surface area contributed by atoms with E-state index in [1.165, 1.54) is 26.0 Å². The van der Waals surface area contributed by atoms with Crippen molar-refractivity contribution in [1.82, 2.24) is 4.98 Å². The fourth-order valence-corrected chi connectivity index (χ4v) is 1.67. The van der Waals surface area contributed by atoms with E-state index in [1.54, 1.807) is 24.3 Å². The summed E-state index contributed by atoms with van der Waals surface area (Å²) in [6, 6.07) is 9.29. The van der Waals surface area contributed by atoms with Crippen molar-refractivity contribution in [1.29, 1.82) is 0 Å². The van der Waals surface area contributed by atoms with Crippen LogP contribution in [-0.4, -0.2) is 21.9 Å². The number of anilines is 2. The zero-order chi connectivity index (χ0) is 16.8. The van der Waals surface area contributed by atoms with Gasteiger partial charge in [-0.15, -0.1) is 5.11 Å². The van der Waals surface area contributed by atoms with Gasteiger partial charge in [-0.05, 0) is 36.4 Å². The fourth-order valence-electron chi connectivity index (χ4n) is 1.67. The molecule has 0 aliphatic carbocycles. The molecule has 1 aromatic heterocycles. The summed E-state index contributed by atoms with van der Waals surface area (Å²) in [5.41, 5.74) is 0.866. The Hall–Kier alpha value is -3.29. The van der Waals surface area contributed by atoms with Crippen molar-refractivity contribution in [2.45, 2.75) is 13.8 Å². The fraction of sp³-hybridized carbons (Fsp3) is 0.133. The van der Waals surface area contributed by atoms with E-state index >= 15 is 0 Å². The number of aromatic hydroxyl groups is 1. The summed E-state index contributed by atoms with van der Waals surface area (Å²) in [7, 11) is 0. The molecule has 0 unspecified atom stereocenters. The van der Waals surface area contributed by atoms with E-state index in [-0.39, 0.29) is 23.4 Å². The number of carbonyl (C=O) groups excluding carboxylic acids is 2. The lowest BCUT2D eigenvalue weighted by Crippen LogP contribution is -2.11. The second-order valence-electron chi connectivity index (χ2n) is 4.64. The molecule has 0 saturated carbocycles. The highest BCUT2D eigenvalue weighted by molar-refractivity contribution is 5.92. The second kappa shape index (κ2) is 7.12. The molecule has 1 aromatic carbocycles. The Labute approximate surface area is 132 Å². The lowest BCUT2D eigenvalue weighted by molar-refractivity contribution is -0.115. The van der Waals surface area contributed by atoms with E-state index in [0.29, 0.717) is 17.2 Å². The molecule has 2 rings (SSSR count). The van der Waals surface area contributed by atoms with Gasteiger partial charge in [0.15, 0.2) is 5.82 Å². The smallest absolute Gasteiger partial charge is 0.222 e. The Morgan fingerprint density at radius 1 is 0.957 bits per heavy atom. The lowest BCUT2D eigenvalue weighted by Gasteiger charge is -2.07. The molecule has 0 spiro atoms. The molecule has 0 aliphatic rings. The molecule has 23 heavy (non-hydrogen) atoms. The van der Waals surface area contributed by atoms with Gasteiger partial charge in [0.1, 0.15) is 17.3 Å². The van der Waals surface area contributed by atoms with Crippen molar-refractivity contribution in [3.63, 3.8) is 0 Å². The molecule has 3 N–H and O–H groups in total. The minimum absolute atomic E-state index is 0.129. The summed E-state index contributed by atoms with van der Waals surface area (Å²) in [5.74, 6) is 0.0172. The maximum Gasteiger partial charge on any atom is 0.222 e. The SMILES string of the molecule is CC(=O)Nc1ccc(N=Nc2ccc(O)cc2)c(NC(C)=O)n1. The molecule has 8 heteroatoms. The lowest BCUT2D eigenvalue weighted by atomic mass is 10.3. The number of rotatable bonds is 4. The number of azo groups is 1. The highest BCUT2D eigenvalue weighted by Crippen LogP contribution is 2.27. The van der Waals surface area contributed by atoms with Gasteiger partial charge in [-0.1, -0.05) is 0 Å². The van der Waals surface area contributed by atoms with Gasteiger partial charge >= 0.3 is 0 Å². The highest BCUT2D eigenvalue weighted by Gasteiger charge is 2.08. The molecule has 0 fully saturated rings. The first-order chi connectivity index (χ1) is 10.9. The molecule has 2 amide bonds. The third-order valence-electron chi connectivity index (χ3n) is 2.60. The number of hydrogen-bond donors (Lipinski definition) is 3. The van der Waals surface area contributed by atoms with Crippen LogP contribution in [0.3, 0.4) is 0 Å². The highest BCUT2D eigenvalue weighted by atomic mass is 16.3. The summed E-state index contributed by atoms with van der Waals surface area (Å²) in [6.45, 7) is 2.70. The zero-order valence-corrected chi connectivity index (χ0v) is 12.6. The van der Waals surface area contributed by atoms with Crippen molar-refractivity contribution >= 4 is 34.8 Å². The zero-order valence-electron chi connectivity index (χ0n) is 12.6. The van der Waals surface area contributed by atoms with E-state index in [4.69, 9.17) is 0 Å². The van der Waals surface area contributed by atoms with E-state index in [1.807, 2.05) is 0 Å². The van der Waals surface area contributed by atoms with Crippen LogP contribution in [0.5, 0.6) is 5.75 Å². The van der Waals surface area contributed by atoms with Crippen LogP contribution < -0.4 is 10.6 Å². The van der Waals surface area contributed by atoms with Crippen LogP contribution in [0, 0.1) is 0 Å². The largest absolute Gasteiger partial charge is 0.508 e. The number of phenolic OH excluding ortho intramolecular Hbond substituents is 1. The summed E-state index contributed by atoms with van der Waals surface area (Å²) in [6.07, 6.45) is 0. The second-order valence-corrected chi connectivity index (χ2v) is 4.64. The van der Waals surface area contributed by atoms with Crippen molar-refractivity contribution in [2.75, 3.05) is 10.6 Å². The maximum atomic E-state index is 11.3. The number of amides is 2. The van der Waals surface area contributed by atoms with Gasteiger partial charge in [0.25, 0.3) is 0 Å². The Balaban J connectivity index is 2.30. The van der Waals surface area contributed by atoms with Crippen molar-refractivity contribution in [2.24, 2.45) is 10.2 Å². The van der Waals surface area contributed by atoms with Gasteiger partial charge in [0.2, 0.25) is 11.8 Å². The van der Waals surface area contributed by atoms with Crippen molar-refractivity contribution in [3.05, 3.63) is 36.4 Å². The normalized spacial score (nSPS) is 10.5. The molecule has 2 aromatic rings. The quantitative estimate of drug-likeness (QED) is 0.752. The number of benzene rings is 1. The molecule has 118 valence electrons. The summed E-state index contributed by atoms with van der Waals surface area (Å²) < 4.78 is 0. The van der Waals surface area contributed by atoms with Crippen molar-refractivity contribution in [3.8, 4) is 5.75 Å². The minimum Gasteiger partial charge on any atom is -0.508 e. The average molecular weight is 313 g/mol. The number of nitrogens with one attached hydrogen (secondary N) is 2. The van der Waals surface area contributed by atoms with Gasteiger partial charge < -0.3 is 15.7 Å². The molecule has 0 atom stereocenters. The predicted octanol–water partition coefficient (Wildman–Crippen LogP) is 3.12. The summed E-state index contributed by atoms with van der Waals surface area (Å²) >= 11 is 0. The number of nitrogens with zero attached hydrogens (tertiary/aromatic N) is 3. The van der Waals surface area contributed by atoms with Crippen LogP contribution in [0.1, 0.15) is 13.8 Å². The maximum absolute atomic E-state index is 11.3. The Morgan fingerprint density at radius 3 is 2.22 bits per heavy atom. The molecule has 0 aliphatic heterocycles. The number of phenols is 1. The molecular weight excluding hydrogens is 298 g/mol. The first-order valence-corrected chi connectivity index (χ1v) is 6.71. The van der Waals surface area contributed by atoms with Gasteiger partial charge in [0, 0.05) is 13.8 Å². The Morgan fingerprint density at radius 2 is 1.61 bits per heavy atom. The summed E-state index contributed by atoms with van der Waals surface area (Å²) in [4.78, 5) is 26.5.